The zero-order valence-corrected chi connectivity index (χ0v) is 27.6. The standard InChI is InChI=1S/C35H46N8O6/c1-48-27-12-7-9-23(21-27)22-49-26-17-15-24(16-18-26)30(31(37)44)43-34(47)28(13-5-6-19-36)42-33(46)29(14-8-20-40-35(38)39)41-32(45)25-10-3-2-4-11-25/h2-4,7,9-12,15-18,21,28-30H,5-6,8,13-14,19-20,22,36H2,1H3,(H2,37,44)(H,41,45)(H,42,46)(H,43,47)(H4,38,39,40)/t28-,29-,30+/m0/s1. The zero-order chi connectivity index (χ0) is 35.6. The van der Waals surface area contributed by atoms with Gasteiger partial charge in [-0.3, -0.25) is 24.2 Å². The van der Waals surface area contributed by atoms with Crippen LogP contribution in [0.4, 0.5) is 0 Å². The predicted molar refractivity (Wildman–Crippen MR) is 186 cm³/mol. The van der Waals surface area contributed by atoms with Crippen LogP contribution >= 0.6 is 0 Å². The summed E-state index contributed by atoms with van der Waals surface area (Å²) >= 11 is 0. The fraction of sp³-hybridized carbons (Fsp3) is 0.343. The minimum atomic E-state index is -1.19. The van der Waals surface area contributed by atoms with Crippen LogP contribution in [-0.4, -0.2) is 61.9 Å². The highest BCUT2D eigenvalue weighted by Crippen LogP contribution is 2.21. The van der Waals surface area contributed by atoms with E-state index in [0.29, 0.717) is 48.4 Å². The number of amides is 4. The molecule has 0 aromatic heterocycles. The minimum Gasteiger partial charge on any atom is -0.497 e. The van der Waals surface area contributed by atoms with Gasteiger partial charge in [0.05, 0.1) is 7.11 Å². The van der Waals surface area contributed by atoms with E-state index in [1.165, 1.54) is 0 Å². The molecule has 0 radical (unpaired) electrons. The Hall–Kier alpha value is -5.63. The van der Waals surface area contributed by atoms with Gasteiger partial charge in [0.15, 0.2) is 5.96 Å². The Morgan fingerprint density at radius 3 is 2.08 bits per heavy atom. The number of nitrogens with zero attached hydrogens (tertiary/aromatic N) is 1. The van der Waals surface area contributed by atoms with E-state index in [9.17, 15) is 19.2 Å². The monoisotopic (exact) mass is 674 g/mol. The highest BCUT2D eigenvalue weighted by atomic mass is 16.5. The van der Waals surface area contributed by atoms with Crippen molar-refractivity contribution in [3.63, 3.8) is 0 Å². The molecule has 0 spiro atoms. The topological polar surface area (TPSA) is 239 Å². The lowest BCUT2D eigenvalue weighted by molar-refractivity contribution is -0.132. The van der Waals surface area contributed by atoms with Gasteiger partial charge in [0.2, 0.25) is 17.7 Å². The van der Waals surface area contributed by atoms with Crippen LogP contribution in [0.2, 0.25) is 0 Å². The zero-order valence-electron chi connectivity index (χ0n) is 27.6. The van der Waals surface area contributed by atoms with Crippen molar-refractivity contribution in [2.24, 2.45) is 27.9 Å². The first-order valence-corrected chi connectivity index (χ1v) is 16.0. The van der Waals surface area contributed by atoms with Gasteiger partial charge < -0.3 is 48.4 Å². The number of nitrogens with two attached hydrogens (primary N) is 4. The fourth-order valence-corrected chi connectivity index (χ4v) is 4.88. The quantitative estimate of drug-likeness (QED) is 0.0520. The van der Waals surface area contributed by atoms with Crippen molar-refractivity contribution >= 4 is 29.6 Å². The van der Waals surface area contributed by atoms with Gasteiger partial charge in [-0.05, 0) is 86.2 Å². The highest BCUT2D eigenvalue weighted by Gasteiger charge is 2.29. The van der Waals surface area contributed by atoms with Crippen molar-refractivity contribution < 1.29 is 28.7 Å². The first-order chi connectivity index (χ1) is 23.6. The van der Waals surface area contributed by atoms with E-state index in [0.717, 1.165) is 5.56 Å². The van der Waals surface area contributed by atoms with Crippen LogP contribution in [-0.2, 0) is 21.0 Å². The smallest absolute Gasteiger partial charge is 0.251 e. The number of hydrogen-bond donors (Lipinski definition) is 7. The van der Waals surface area contributed by atoms with Crippen LogP contribution in [0, 0.1) is 0 Å². The summed E-state index contributed by atoms with van der Waals surface area (Å²) in [4.78, 5) is 56.6. The minimum absolute atomic E-state index is 0.0923. The number of methoxy groups -OCH3 is 1. The van der Waals surface area contributed by atoms with Crippen LogP contribution in [0.5, 0.6) is 11.5 Å². The van der Waals surface area contributed by atoms with Crippen LogP contribution in [0.1, 0.15) is 59.6 Å². The Bertz CT molecular complexity index is 1550. The van der Waals surface area contributed by atoms with Crippen molar-refractivity contribution in [3.8, 4) is 11.5 Å². The third-order valence-corrected chi connectivity index (χ3v) is 7.51. The number of aliphatic imine (C=N–C) groups is 1. The van der Waals surface area contributed by atoms with Crippen molar-refractivity contribution in [1.82, 2.24) is 16.0 Å². The van der Waals surface area contributed by atoms with Crippen molar-refractivity contribution in [3.05, 3.63) is 95.6 Å². The first kappa shape index (κ1) is 37.8. The lowest BCUT2D eigenvalue weighted by Crippen LogP contribution is -2.54. The van der Waals surface area contributed by atoms with Gasteiger partial charge in [-0.25, -0.2) is 0 Å². The van der Waals surface area contributed by atoms with Gasteiger partial charge in [-0.1, -0.05) is 42.5 Å². The average molecular weight is 675 g/mol. The predicted octanol–water partition coefficient (Wildman–Crippen LogP) is 1.38. The molecule has 0 heterocycles. The van der Waals surface area contributed by atoms with Gasteiger partial charge in [-0.15, -0.1) is 0 Å². The molecule has 3 aromatic carbocycles. The van der Waals surface area contributed by atoms with Crippen LogP contribution < -0.4 is 48.4 Å². The summed E-state index contributed by atoms with van der Waals surface area (Å²) in [6.07, 6.45) is 1.90. The number of ether oxygens (including phenoxy) is 2. The van der Waals surface area contributed by atoms with E-state index in [-0.39, 0.29) is 32.0 Å². The van der Waals surface area contributed by atoms with Crippen molar-refractivity contribution in [1.29, 1.82) is 0 Å². The molecule has 0 aliphatic rings. The van der Waals surface area contributed by atoms with Crippen molar-refractivity contribution in [2.45, 2.75) is 56.8 Å². The molecule has 11 N–H and O–H groups in total. The molecule has 0 unspecified atom stereocenters. The normalized spacial score (nSPS) is 12.4. The Morgan fingerprint density at radius 1 is 0.755 bits per heavy atom. The molecular formula is C35H46N8O6. The summed E-state index contributed by atoms with van der Waals surface area (Å²) < 4.78 is 11.1. The lowest BCUT2D eigenvalue weighted by atomic mass is 10.0. The second-order valence-electron chi connectivity index (χ2n) is 11.2. The maximum atomic E-state index is 13.6. The maximum absolute atomic E-state index is 13.6. The molecule has 0 saturated heterocycles. The first-order valence-electron chi connectivity index (χ1n) is 16.0. The van der Waals surface area contributed by atoms with Gasteiger partial charge in [0, 0.05) is 12.1 Å². The van der Waals surface area contributed by atoms with Crippen LogP contribution in [0.25, 0.3) is 0 Å². The largest absolute Gasteiger partial charge is 0.497 e. The van der Waals surface area contributed by atoms with E-state index in [1.807, 2.05) is 24.3 Å². The Kier molecular flexibility index (Phi) is 15.4. The van der Waals surface area contributed by atoms with Gasteiger partial charge >= 0.3 is 0 Å². The molecule has 3 atom stereocenters. The molecular weight excluding hydrogens is 628 g/mol. The third kappa shape index (κ3) is 12.8. The molecule has 3 rings (SSSR count). The average Bonchev–Trinajstić information content (AvgIpc) is 3.10. The number of unbranched alkanes of at least 4 members (excludes halogenated alkanes) is 1. The molecule has 262 valence electrons. The van der Waals surface area contributed by atoms with Gasteiger partial charge in [0.1, 0.15) is 36.2 Å². The number of carbonyl (C=O) groups excluding carboxylic acids is 4. The molecule has 0 aliphatic carbocycles. The fourth-order valence-electron chi connectivity index (χ4n) is 4.88. The number of guanidine groups is 1. The van der Waals surface area contributed by atoms with Crippen LogP contribution in [0.15, 0.2) is 83.9 Å². The van der Waals surface area contributed by atoms with Gasteiger partial charge in [0.25, 0.3) is 5.91 Å². The van der Waals surface area contributed by atoms with E-state index in [4.69, 9.17) is 32.4 Å². The van der Waals surface area contributed by atoms with E-state index in [2.05, 4.69) is 20.9 Å². The van der Waals surface area contributed by atoms with Crippen LogP contribution in [0.3, 0.4) is 0 Å². The Morgan fingerprint density at radius 2 is 1.43 bits per heavy atom. The summed E-state index contributed by atoms with van der Waals surface area (Å²) in [6.45, 7) is 0.912. The second-order valence-corrected chi connectivity index (χ2v) is 11.2. The summed E-state index contributed by atoms with van der Waals surface area (Å²) in [7, 11) is 1.59. The second kappa shape index (κ2) is 19.9. The van der Waals surface area contributed by atoms with Gasteiger partial charge in [-0.2, -0.15) is 0 Å². The molecule has 0 saturated carbocycles. The van der Waals surface area contributed by atoms with Crippen molar-refractivity contribution in [2.75, 3.05) is 20.2 Å². The number of primary amides is 1. The Balaban J connectivity index is 1.73. The van der Waals surface area contributed by atoms with E-state index >= 15 is 0 Å². The van der Waals surface area contributed by atoms with E-state index < -0.39 is 41.8 Å². The number of benzene rings is 3. The summed E-state index contributed by atoms with van der Waals surface area (Å²) in [5.41, 5.74) is 23.9. The molecule has 0 aliphatic heterocycles. The number of carbonyl (C=O) groups is 4. The number of hydrogen-bond acceptors (Lipinski definition) is 8. The molecule has 4 amide bonds. The summed E-state index contributed by atoms with van der Waals surface area (Å²) in [5, 5.41) is 8.18. The molecule has 14 heteroatoms. The maximum Gasteiger partial charge on any atom is 0.251 e. The molecule has 0 fully saturated rings. The Labute approximate surface area is 286 Å². The number of rotatable bonds is 20. The lowest BCUT2D eigenvalue weighted by Gasteiger charge is -2.25. The third-order valence-electron chi connectivity index (χ3n) is 7.51. The summed E-state index contributed by atoms with van der Waals surface area (Å²) in [6, 6.07) is 19.2. The SMILES string of the molecule is COc1cccc(COc2ccc([C@@H](NC(=O)[C@H](CCCCN)NC(=O)[C@H](CCCN=C(N)N)NC(=O)c3ccccc3)C(N)=O)cc2)c1. The molecule has 14 nitrogen and oxygen atoms in total. The molecule has 3 aromatic rings. The summed E-state index contributed by atoms with van der Waals surface area (Å²) in [5.74, 6) is -1.31. The van der Waals surface area contributed by atoms with E-state index in [1.54, 1.807) is 61.7 Å². The number of nitrogens with one attached hydrogen (secondary N) is 3. The molecule has 0 bridgehead atoms. The molecule has 49 heavy (non-hydrogen) atoms. The highest BCUT2D eigenvalue weighted by molar-refractivity contribution is 5.98.